The maximum Gasteiger partial charge on any atom is 0.340 e. The Bertz CT molecular complexity index is 220. The van der Waals surface area contributed by atoms with Crippen LogP contribution in [0.4, 0.5) is 0 Å². The quantitative estimate of drug-likeness (QED) is 0.212. The van der Waals surface area contributed by atoms with Crippen molar-refractivity contribution >= 4 is 11.9 Å². The molecule has 1 unspecified atom stereocenters. The lowest BCUT2D eigenvalue weighted by Gasteiger charge is -2.22. The Morgan fingerprint density at radius 1 is 1.29 bits per heavy atom. The zero-order valence-corrected chi connectivity index (χ0v) is 7.56. The standard InChI is InChI=1S/C7H14N2O5/c8-7(9-14,6(12)13)4-2-1-3-5(10)11/h9,14H,1-4,8H2,(H,10,11)(H,12,13). The van der Waals surface area contributed by atoms with Gasteiger partial charge in [0.1, 0.15) is 0 Å². The maximum atomic E-state index is 10.5. The third kappa shape index (κ3) is 4.17. The lowest BCUT2D eigenvalue weighted by atomic mass is 10.0. The first kappa shape index (κ1) is 12.8. The number of hydrogen-bond acceptors (Lipinski definition) is 5. The van der Waals surface area contributed by atoms with Gasteiger partial charge in [0.15, 0.2) is 5.66 Å². The first-order valence-corrected chi connectivity index (χ1v) is 4.07. The molecule has 0 saturated carbocycles. The summed E-state index contributed by atoms with van der Waals surface area (Å²) >= 11 is 0. The second kappa shape index (κ2) is 5.53. The van der Waals surface area contributed by atoms with Gasteiger partial charge in [-0.3, -0.25) is 4.79 Å². The Morgan fingerprint density at radius 3 is 2.21 bits per heavy atom. The van der Waals surface area contributed by atoms with Gasteiger partial charge < -0.3 is 21.2 Å². The average molecular weight is 206 g/mol. The third-order valence-electron chi connectivity index (χ3n) is 1.79. The molecule has 0 aliphatic rings. The molecule has 0 aromatic carbocycles. The highest BCUT2D eigenvalue weighted by atomic mass is 16.5. The highest BCUT2D eigenvalue weighted by molar-refractivity contribution is 5.77. The predicted octanol–water partition coefficient (Wildman–Crippen LogP) is -0.650. The Hall–Kier alpha value is -1.18. The van der Waals surface area contributed by atoms with Crippen LogP contribution >= 0.6 is 0 Å². The van der Waals surface area contributed by atoms with E-state index in [1.165, 1.54) is 5.48 Å². The highest BCUT2D eigenvalue weighted by Gasteiger charge is 2.32. The molecule has 6 N–H and O–H groups in total. The van der Waals surface area contributed by atoms with Gasteiger partial charge in [0.25, 0.3) is 0 Å². The molecule has 0 fully saturated rings. The zero-order chi connectivity index (χ0) is 11.2. The number of hydrogen-bond donors (Lipinski definition) is 5. The monoisotopic (exact) mass is 206 g/mol. The van der Waals surface area contributed by atoms with E-state index >= 15 is 0 Å². The molecule has 0 spiro atoms. The van der Waals surface area contributed by atoms with E-state index in [0.717, 1.165) is 0 Å². The smallest absolute Gasteiger partial charge is 0.340 e. The fraction of sp³-hybridized carbons (Fsp3) is 0.714. The number of carboxylic acid groups (broad SMARTS) is 2. The van der Waals surface area contributed by atoms with Crippen molar-refractivity contribution in [1.29, 1.82) is 0 Å². The number of carboxylic acids is 2. The van der Waals surface area contributed by atoms with E-state index in [9.17, 15) is 9.59 Å². The molecule has 0 amide bonds. The molecule has 0 rings (SSSR count). The van der Waals surface area contributed by atoms with Crippen LogP contribution in [-0.4, -0.2) is 33.0 Å². The van der Waals surface area contributed by atoms with Crippen molar-refractivity contribution in [2.75, 3.05) is 0 Å². The van der Waals surface area contributed by atoms with Crippen LogP contribution in [0.2, 0.25) is 0 Å². The van der Waals surface area contributed by atoms with Crippen LogP contribution in [0.1, 0.15) is 25.7 Å². The van der Waals surface area contributed by atoms with Gasteiger partial charge in [-0.15, -0.1) is 0 Å². The van der Waals surface area contributed by atoms with Gasteiger partial charge in [-0.2, -0.15) is 5.48 Å². The van der Waals surface area contributed by atoms with Crippen LogP contribution in [-0.2, 0) is 9.59 Å². The third-order valence-corrected chi connectivity index (χ3v) is 1.79. The first-order valence-electron chi connectivity index (χ1n) is 4.07. The summed E-state index contributed by atoms with van der Waals surface area (Å²) in [4.78, 5) is 20.6. The molecule has 0 aliphatic carbocycles. The molecular weight excluding hydrogens is 192 g/mol. The number of aliphatic carboxylic acids is 2. The fourth-order valence-corrected chi connectivity index (χ4v) is 0.891. The van der Waals surface area contributed by atoms with Crippen LogP contribution < -0.4 is 11.2 Å². The molecule has 0 aromatic rings. The van der Waals surface area contributed by atoms with Crippen LogP contribution in [0, 0.1) is 0 Å². The van der Waals surface area contributed by atoms with Gasteiger partial charge >= 0.3 is 11.9 Å². The van der Waals surface area contributed by atoms with Crippen molar-refractivity contribution < 1.29 is 25.0 Å². The molecule has 0 radical (unpaired) electrons. The Balaban J connectivity index is 3.85. The van der Waals surface area contributed by atoms with Crippen molar-refractivity contribution in [1.82, 2.24) is 5.48 Å². The normalized spacial score (nSPS) is 14.7. The summed E-state index contributed by atoms with van der Waals surface area (Å²) < 4.78 is 0. The molecule has 82 valence electrons. The van der Waals surface area contributed by atoms with Crippen molar-refractivity contribution in [3.63, 3.8) is 0 Å². The molecule has 0 saturated heterocycles. The van der Waals surface area contributed by atoms with Crippen molar-refractivity contribution in [3.05, 3.63) is 0 Å². The van der Waals surface area contributed by atoms with Crippen LogP contribution in [0.5, 0.6) is 0 Å². The molecule has 14 heavy (non-hydrogen) atoms. The molecular formula is C7H14N2O5. The van der Waals surface area contributed by atoms with Gasteiger partial charge in [-0.05, 0) is 19.3 Å². The topological polar surface area (TPSA) is 133 Å². The molecule has 7 heteroatoms. The number of unbranched alkanes of at least 4 members (excludes halogenated alkanes) is 1. The number of rotatable bonds is 7. The van der Waals surface area contributed by atoms with E-state index in [2.05, 4.69) is 0 Å². The van der Waals surface area contributed by atoms with Gasteiger partial charge in [0.2, 0.25) is 0 Å². The average Bonchev–Trinajstić information content (AvgIpc) is 2.11. The molecule has 1 atom stereocenters. The predicted molar refractivity (Wildman–Crippen MR) is 45.6 cm³/mol. The Labute approximate surface area is 80.5 Å². The first-order chi connectivity index (χ1) is 6.42. The number of nitrogens with one attached hydrogen (secondary N) is 1. The van der Waals surface area contributed by atoms with E-state index in [1.807, 2.05) is 0 Å². The fourth-order valence-electron chi connectivity index (χ4n) is 0.891. The van der Waals surface area contributed by atoms with Crippen LogP contribution in [0.15, 0.2) is 0 Å². The van der Waals surface area contributed by atoms with Crippen molar-refractivity contribution in [2.24, 2.45) is 5.73 Å². The molecule has 0 bridgehead atoms. The van der Waals surface area contributed by atoms with Gasteiger partial charge in [-0.25, -0.2) is 4.79 Å². The summed E-state index contributed by atoms with van der Waals surface area (Å²) in [7, 11) is 0. The Morgan fingerprint density at radius 2 is 1.86 bits per heavy atom. The van der Waals surface area contributed by atoms with Gasteiger partial charge in [0.05, 0.1) is 0 Å². The van der Waals surface area contributed by atoms with E-state index in [4.69, 9.17) is 21.2 Å². The van der Waals surface area contributed by atoms with Crippen LogP contribution in [0.25, 0.3) is 0 Å². The summed E-state index contributed by atoms with van der Waals surface area (Å²) in [6, 6.07) is 0. The molecule has 0 heterocycles. The minimum absolute atomic E-state index is 0.0356. The summed E-state index contributed by atoms with van der Waals surface area (Å²) in [6.45, 7) is 0. The number of hydroxylamine groups is 1. The zero-order valence-electron chi connectivity index (χ0n) is 7.56. The SMILES string of the molecule is NC(CCCCC(=O)O)(NO)C(=O)O. The van der Waals surface area contributed by atoms with Crippen molar-refractivity contribution in [2.45, 2.75) is 31.3 Å². The number of carbonyl (C=O) groups is 2. The summed E-state index contributed by atoms with van der Waals surface area (Å²) in [6.07, 6.45) is 0.555. The minimum atomic E-state index is -1.89. The van der Waals surface area contributed by atoms with Crippen molar-refractivity contribution in [3.8, 4) is 0 Å². The maximum absolute atomic E-state index is 10.5. The van der Waals surface area contributed by atoms with E-state index in [1.54, 1.807) is 0 Å². The van der Waals surface area contributed by atoms with E-state index in [0.29, 0.717) is 12.8 Å². The molecule has 7 nitrogen and oxygen atoms in total. The van der Waals surface area contributed by atoms with E-state index in [-0.39, 0.29) is 12.8 Å². The largest absolute Gasteiger partial charge is 0.481 e. The van der Waals surface area contributed by atoms with Crippen LogP contribution in [0.3, 0.4) is 0 Å². The van der Waals surface area contributed by atoms with E-state index < -0.39 is 17.6 Å². The minimum Gasteiger partial charge on any atom is -0.481 e. The summed E-state index contributed by atoms with van der Waals surface area (Å²) in [5, 5.41) is 25.4. The number of nitrogens with two attached hydrogens (primary N) is 1. The second-order valence-corrected chi connectivity index (χ2v) is 2.99. The lowest BCUT2D eigenvalue weighted by Crippen LogP contribution is -2.58. The lowest BCUT2D eigenvalue weighted by molar-refractivity contribution is -0.150. The van der Waals surface area contributed by atoms with Gasteiger partial charge in [-0.1, -0.05) is 0 Å². The molecule has 0 aliphatic heterocycles. The summed E-state index contributed by atoms with van der Waals surface area (Å²) in [5.41, 5.74) is 4.86. The summed E-state index contributed by atoms with van der Waals surface area (Å²) in [5.74, 6) is -2.32. The molecule has 0 aromatic heterocycles. The van der Waals surface area contributed by atoms with Gasteiger partial charge in [0, 0.05) is 6.42 Å². The second-order valence-electron chi connectivity index (χ2n) is 2.99. The highest BCUT2D eigenvalue weighted by Crippen LogP contribution is 2.09. The Kier molecular flexibility index (Phi) is 5.06.